The van der Waals surface area contributed by atoms with Crippen LogP contribution < -0.4 is 10.6 Å². The lowest BCUT2D eigenvalue weighted by molar-refractivity contribution is -0.384. The molecule has 1 atom stereocenters. The lowest BCUT2D eigenvalue weighted by atomic mass is 10.3. The third-order valence-electron chi connectivity index (χ3n) is 2.51. The molecule has 2 N–H and O–H groups in total. The van der Waals surface area contributed by atoms with Gasteiger partial charge in [0.2, 0.25) is 5.82 Å². The Labute approximate surface area is 86.6 Å². The molecular formula is C8H13N5O2. The smallest absolute Gasteiger partial charge is 0.330 e. The van der Waals surface area contributed by atoms with Gasteiger partial charge in [0.25, 0.3) is 0 Å². The predicted molar refractivity (Wildman–Crippen MR) is 54.7 cm³/mol. The fraction of sp³-hybridized carbons (Fsp3) is 0.625. The van der Waals surface area contributed by atoms with Crippen molar-refractivity contribution in [1.29, 1.82) is 0 Å². The highest BCUT2D eigenvalue weighted by atomic mass is 16.6. The monoisotopic (exact) mass is 211 g/mol. The Morgan fingerprint density at radius 1 is 1.73 bits per heavy atom. The molecule has 2 heterocycles. The molecule has 0 aromatic carbocycles. The normalized spacial score (nSPS) is 20.9. The molecule has 7 heteroatoms. The number of aryl methyl sites for hydroxylation is 1. The Balaban J connectivity index is 2.30. The van der Waals surface area contributed by atoms with E-state index in [4.69, 9.17) is 5.73 Å². The summed E-state index contributed by atoms with van der Waals surface area (Å²) in [6, 6.07) is 0.0895. The Hall–Kier alpha value is -1.63. The SMILES string of the molecule is Cn1cc([N+](=O)[O-])c(N2CCC(N)C2)n1. The maximum Gasteiger partial charge on any atom is 0.330 e. The summed E-state index contributed by atoms with van der Waals surface area (Å²) in [7, 11) is 1.67. The van der Waals surface area contributed by atoms with E-state index in [0.717, 1.165) is 13.0 Å². The van der Waals surface area contributed by atoms with Gasteiger partial charge in [-0.15, -0.1) is 5.10 Å². The van der Waals surface area contributed by atoms with Gasteiger partial charge in [-0.05, 0) is 6.42 Å². The summed E-state index contributed by atoms with van der Waals surface area (Å²) in [5.74, 6) is 0.426. The standard InChI is InChI=1S/C8H13N5O2/c1-11-5-7(13(14)15)8(10-11)12-3-2-6(9)4-12/h5-6H,2-4,9H2,1H3. The highest BCUT2D eigenvalue weighted by Crippen LogP contribution is 2.28. The highest BCUT2D eigenvalue weighted by Gasteiger charge is 2.28. The maximum absolute atomic E-state index is 10.8. The summed E-state index contributed by atoms with van der Waals surface area (Å²) in [5.41, 5.74) is 5.80. The van der Waals surface area contributed by atoms with Crippen LogP contribution in [-0.4, -0.2) is 33.8 Å². The molecule has 0 amide bonds. The van der Waals surface area contributed by atoms with Crippen molar-refractivity contribution >= 4 is 11.5 Å². The number of aromatic nitrogens is 2. The van der Waals surface area contributed by atoms with Crippen molar-refractivity contribution in [3.63, 3.8) is 0 Å². The zero-order valence-electron chi connectivity index (χ0n) is 8.46. The first kappa shape index (κ1) is 9.91. The van der Waals surface area contributed by atoms with E-state index in [9.17, 15) is 10.1 Å². The average molecular weight is 211 g/mol. The van der Waals surface area contributed by atoms with Crippen LogP contribution in [0.4, 0.5) is 11.5 Å². The average Bonchev–Trinajstić information content (AvgIpc) is 2.71. The lowest BCUT2D eigenvalue weighted by Gasteiger charge is -2.13. The van der Waals surface area contributed by atoms with Gasteiger partial charge in [-0.3, -0.25) is 14.8 Å². The van der Waals surface area contributed by atoms with Crippen molar-refractivity contribution in [3.05, 3.63) is 16.3 Å². The van der Waals surface area contributed by atoms with Gasteiger partial charge in [0, 0.05) is 26.2 Å². The van der Waals surface area contributed by atoms with E-state index in [1.807, 2.05) is 4.90 Å². The Morgan fingerprint density at radius 2 is 2.47 bits per heavy atom. The van der Waals surface area contributed by atoms with E-state index in [-0.39, 0.29) is 11.7 Å². The molecule has 7 nitrogen and oxygen atoms in total. The van der Waals surface area contributed by atoms with Crippen LogP contribution in [0, 0.1) is 10.1 Å². The molecule has 1 aliphatic rings. The molecule has 0 aliphatic carbocycles. The number of anilines is 1. The summed E-state index contributed by atoms with van der Waals surface area (Å²) in [6.07, 6.45) is 2.27. The molecule has 1 aliphatic heterocycles. The van der Waals surface area contributed by atoms with Gasteiger partial charge >= 0.3 is 5.69 Å². The zero-order chi connectivity index (χ0) is 11.0. The van der Waals surface area contributed by atoms with Crippen LogP contribution in [-0.2, 0) is 7.05 Å². The van der Waals surface area contributed by atoms with Crippen LogP contribution in [0.25, 0.3) is 0 Å². The van der Waals surface area contributed by atoms with Crippen LogP contribution in [0.3, 0.4) is 0 Å². The minimum Gasteiger partial charge on any atom is -0.348 e. The molecule has 1 aromatic heterocycles. The van der Waals surface area contributed by atoms with Crippen molar-refractivity contribution in [2.75, 3.05) is 18.0 Å². The van der Waals surface area contributed by atoms with E-state index in [2.05, 4.69) is 5.10 Å². The molecule has 1 saturated heterocycles. The summed E-state index contributed by atoms with van der Waals surface area (Å²) in [6.45, 7) is 1.37. The molecule has 0 radical (unpaired) electrons. The number of hydrogen-bond donors (Lipinski definition) is 1. The third kappa shape index (κ3) is 1.78. The first-order valence-corrected chi connectivity index (χ1v) is 4.76. The molecule has 1 unspecified atom stereocenters. The fourth-order valence-corrected chi connectivity index (χ4v) is 1.80. The second-order valence-corrected chi connectivity index (χ2v) is 3.76. The molecular weight excluding hydrogens is 198 g/mol. The quantitative estimate of drug-likeness (QED) is 0.543. The summed E-state index contributed by atoms with van der Waals surface area (Å²) < 4.78 is 1.46. The molecule has 1 aromatic rings. The van der Waals surface area contributed by atoms with E-state index in [1.54, 1.807) is 7.05 Å². The van der Waals surface area contributed by atoms with E-state index >= 15 is 0 Å². The van der Waals surface area contributed by atoms with Gasteiger partial charge in [0.05, 0.1) is 4.92 Å². The van der Waals surface area contributed by atoms with Crippen LogP contribution >= 0.6 is 0 Å². The van der Waals surface area contributed by atoms with Crippen molar-refractivity contribution in [1.82, 2.24) is 9.78 Å². The predicted octanol–water partition coefficient (Wildman–Crippen LogP) is -0.134. The van der Waals surface area contributed by atoms with E-state index in [0.29, 0.717) is 12.4 Å². The molecule has 0 spiro atoms. The molecule has 0 saturated carbocycles. The minimum atomic E-state index is -0.411. The van der Waals surface area contributed by atoms with Crippen molar-refractivity contribution in [2.24, 2.45) is 12.8 Å². The summed E-state index contributed by atoms with van der Waals surface area (Å²) in [4.78, 5) is 12.2. The van der Waals surface area contributed by atoms with Crippen LogP contribution in [0.2, 0.25) is 0 Å². The molecule has 2 rings (SSSR count). The third-order valence-corrected chi connectivity index (χ3v) is 2.51. The number of hydrogen-bond acceptors (Lipinski definition) is 5. The fourth-order valence-electron chi connectivity index (χ4n) is 1.80. The maximum atomic E-state index is 10.8. The summed E-state index contributed by atoms with van der Waals surface area (Å²) in [5, 5.41) is 14.9. The largest absolute Gasteiger partial charge is 0.348 e. The van der Waals surface area contributed by atoms with E-state index < -0.39 is 4.92 Å². The van der Waals surface area contributed by atoms with Gasteiger partial charge in [0.15, 0.2) is 0 Å². The molecule has 0 bridgehead atoms. The van der Waals surface area contributed by atoms with Gasteiger partial charge < -0.3 is 10.6 Å². The number of rotatable bonds is 2. The second-order valence-electron chi connectivity index (χ2n) is 3.76. The van der Waals surface area contributed by atoms with Crippen LogP contribution in [0.5, 0.6) is 0 Å². The molecule has 15 heavy (non-hydrogen) atoms. The Morgan fingerprint density at radius 3 is 3.00 bits per heavy atom. The first-order valence-electron chi connectivity index (χ1n) is 4.76. The minimum absolute atomic E-state index is 0.0478. The van der Waals surface area contributed by atoms with Gasteiger partial charge in [0.1, 0.15) is 6.20 Å². The van der Waals surface area contributed by atoms with Gasteiger partial charge in [-0.1, -0.05) is 0 Å². The zero-order valence-corrected chi connectivity index (χ0v) is 8.46. The number of nitrogens with zero attached hydrogens (tertiary/aromatic N) is 4. The number of nitrogens with two attached hydrogens (primary N) is 1. The van der Waals surface area contributed by atoms with Crippen LogP contribution in [0.15, 0.2) is 6.20 Å². The second kappa shape index (κ2) is 3.50. The Bertz CT molecular complexity index is 388. The van der Waals surface area contributed by atoms with Gasteiger partial charge in [-0.2, -0.15) is 0 Å². The number of nitro groups is 1. The van der Waals surface area contributed by atoms with Crippen molar-refractivity contribution in [2.45, 2.75) is 12.5 Å². The summed E-state index contributed by atoms with van der Waals surface area (Å²) >= 11 is 0. The van der Waals surface area contributed by atoms with Crippen LogP contribution in [0.1, 0.15) is 6.42 Å². The van der Waals surface area contributed by atoms with Crippen molar-refractivity contribution < 1.29 is 4.92 Å². The molecule has 82 valence electrons. The molecule has 1 fully saturated rings. The first-order chi connectivity index (χ1) is 7.08. The highest BCUT2D eigenvalue weighted by molar-refractivity contribution is 5.57. The lowest BCUT2D eigenvalue weighted by Crippen LogP contribution is -2.27. The topological polar surface area (TPSA) is 90.2 Å². The van der Waals surface area contributed by atoms with E-state index in [1.165, 1.54) is 10.9 Å². The Kier molecular flexibility index (Phi) is 2.31. The van der Waals surface area contributed by atoms with Crippen molar-refractivity contribution in [3.8, 4) is 0 Å². The van der Waals surface area contributed by atoms with Gasteiger partial charge in [-0.25, -0.2) is 0 Å².